The molecule has 1 unspecified atom stereocenters. The van der Waals surface area contributed by atoms with Crippen LogP contribution in [0.2, 0.25) is 0 Å². The van der Waals surface area contributed by atoms with Gasteiger partial charge in [-0.1, -0.05) is 31.0 Å². The highest BCUT2D eigenvalue weighted by Gasteiger charge is 2.38. The van der Waals surface area contributed by atoms with E-state index in [-0.39, 0.29) is 11.3 Å². The second kappa shape index (κ2) is 8.35. The molecule has 2 N–H and O–H groups in total. The van der Waals surface area contributed by atoms with E-state index >= 15 is 0 Å². The maximum Gasteiger partial charge on any atom is 0.271 e. The minimum Gasteiger partial charge on any atom is -0.496 e. The summed E-state index contributed by atoms with van der Waals surface area (Å²) in [5.41, 5.74) is 1.64. The average Bonchev–Trinajstić information content (AvgIpc) is 3.43. The smallest absolute Gasteiger partial charge is 0.271 e. The summed E-state index contributed by atoms with van der Waals surface area (Å²) in [5, 5.41) is 11.1. The summed E-state index contributed by atoms with van der Waals surface area (Å²) < 4.78 is 7.55. The van der Waals surface area contributed by atoms with E-state index in [4.69, 9.17) is 4.74 Å². The Morgan fingerprint density at radius 3 is 2.86 bits per heavy atom. The van der Waals surface area contributed by atoms with Crippen molar-refractivity contribution in [3.05, 3.63) is 47.8 Å². The van der Waals surface area contributed by atoms with Crippen LogP contribution in [0.3, 0.4) is 0 Å². The molecule has 0 bridgehead atoms. The zero-order valence-corrected chi connectivity index (χ0v) is 16.6. The zero-order chi connectivity index (χ0) is 19.4. The van der Waals surface area contributed by atoms with Crippen molar-refractivity contribution in [2.24, 2.45) is 0 Å². The van der Waals surface area contributed by atoms with Crippen molar-refractivity contribution in [2.45, 2.75) is 50.0 Å². The Labute approximate surface area is 166 Å². The van der Waals surface area contributed by atoms with Crippen molar-refractivity contribution >= 4 is 5.91 Å². The number of nitrogens with one attached hydrogen (secondary N) is 2. The van der Waals surface area contributed by atoms with E-state index in [9.17, 15) is 4.79 Å². The van der Waals surface area contributed by atoms with Crippen LogP contribution in [-0.4, -0.2) is 42.4 Å². The van der Waals surface area contributed by atoms with Gasteiger partial charge in [-0.2, -0.15) is 5.10 Å². The molecule has 1 aliphatic carbocycles. The van der Waals surface area contributed by atoms with Crippen molar-refractivity contribution in [1.82, 2.24) is 20.4 Å². The predicted octanol–water partition coefficient (Wildman–Crippen LogP) is 3.06. The topological polar surface area (TPSA) is 68.2 Å². The van der Waals surface area contributed by atoms with Crippen LogP contribution >= 0.6 is 0 Å². The number of rotatable bonds is 6. The summed E-state index contributed by atoms with van der Waals surface area (Å²) in [6, 6.07) is 10.4. The van der Waals surface area contributed by atoms with E-state index in [1.54, 1.807) is 7.11 Å². The molecule has 6 heteroatoms. The Bertz CT molecular complexity index is 804. The number of aromatic nitrogens is 2. The van der Waals surface area contributed by atoms with Gasteiger partial charge in [0.25, 0.3) is 5.91 Å². The molecule has 1 amide bonds. The molecule has 1 saturated heterocycles. The molecule has 2 aliphatic rings. The standard InChI is InChI=1S/C22H30N4O2/c1-28-20-9-3-2-8-18(20)22(11-4-5-12-22)16-24-21(27)19-10-14-26(25-19)17-7-6-13-23-15-17/h2-3,8-10,14,17,23H,4-7,11-13,15-16H2,1H3,(H,24,27). The van der Waals surface area contributed by atoms with E-state index in [0.29, 0.717) is 18.3 Å². The number of piperidine rings is 1. The number of hydrogen-bond donors (Lipinski definition) is 2. The Kier molecular flexibility index (Phi) is 5.67. The first-order valence-corrected chi connectivity index (χ1v) is 10.4. The molecule has 1 saturated carbocycles. The van der Waals surface area contributed by atoms with Crippen LogP contribution in [0.15, 0.2) is 36.5 Å². The Hall–Kier alpha value is -2.34. The van der Waals surface area contributed by atoms with Crippen molar-refractivity contribution in [3.63, 3.8) is 0 Å². The number of hydrogen-bond acceptors (Lipinski definition) is 4. The molecular weight excluding hydrogens is 352 g/mol. The maximum absolute atomic E-state index is 12.8. The van der Waals surface area contributed by atoms with Gasteiger partial charge < -0.3 is 15.4 Å². The third-order valence-corrected chi connectivity index (χ3v) is 6.31. The minimum absolute atomic E-state index is 0.0574. The van der Waals surface area contributed by atoms with Crippen LogP contribution in [0.4, 0.5) is 0 Å². The number of carbonyl (C=O) groups excluding carboxylic acids is 1. The van der Waals surface area contributed by atoms with Crippen molar-refractivity contribution in [3.8, 4) is 5.75 Å². The molecule has 0 radical (unpaired) electrons. The van der Waals surface area contributed by atoms with E-state index in [1.807, 2.05) is 29.1 Å². The fourth-order valence-electron chi connectivity index (χ4n) is 4.74. The predicted molar refractivity (Wildman–Crippen MR) is 109 cm³/mol. The largest absolute Gasteiger partial charge is 0.496 e. The molecule has 6 nitrogen and oxygen atoms in total. The van der Waals surface area contributed by atoms with E-state index in [2.05, 4.69) is 27.9 Å². The van der Waals surface area contributed by atoms with Crippen molar-refractivity contribution in [1.29, 1.82) is 0 Å². The van der Waals surface area contributed by atoms with Gasteiger partial charge in [0.1, 0.15) is 11.4 Å². The summed E-state index contributed by atoms with van der Waals surface area (Å²) in [5.74, 6) is 0.816. The first kappa shape index (κ1) is 19.0. The van der Waals surface area contributed by atoms with E-state index < -0.39 is 0 Å². The third-order valence-electron chi connectivity index (χ3n) is 6.31. The lowest BCUT2D eigenvalue weighted by Crippen LogP contribution is -2.39. The molecule has 28 heavy (non-hydrogen) atoms. The number of para-hydroxylation sites is 1. The highest BCUT2D eigenvalue weighted by molar-refractivity contribution is 5.92. The summed E-state index contributed by atoms with van der Waals surface area (Å²) in [6.07, 6.45) is 8.67. The van der Waals surface area contributed by atoms with E-state index in [1.165, 1.54) is 18.4 Å². The first-order chi connectivity index (χ1) is 13.7. The highest BCUT2D eigenvalue weighted by atomic mass is 16.5. The Balaban J connectivity index is 1.46. The summed E-state index contributed by atoms with van der Waals surface area (Å²) in [6.45, 7) is 2.60. The lowest BCUT2D eigenvalue weighted by molar-refractivity contribution is 0.0936. The van der Waals surface area contributed by atoms with Crippen molar-refractivity contribution in [2.75, 3.05) is 26.7 Å². The number of carbonyl (C=O) groups is 1. The molecule has 1 aromatic carbocycles. The van der Waals surface area contributed by atoms with Crippen LogP contribution in [-0.2, 0) is 5.41 Å². The van der Waals surface area contributed by atoms with Gasteiger partial charge >= 0.3 is 0 Å². The number of methoxy groups -OCH3 is 1. The SMILES string of the molecule is COc1ccccc1C1(CNC(=O)c2ccn(C3CCCNC3)n2)CCCC1. The molecular formula is C22H30N4O2. The van der Waals surface area contributed by atoms with Gasteiger partial charge in [-0.25, -0.2) is 0 Å². The van der Waals surface area contributed by atoms with Gasteiger partial charge in [0.15, 0.2) is 0 Å². The Morgan fingerprint density at radius 1 is 1.29 bits per heavy atom. The molecule has 150 valence electrons. The number of nitrogens with zero attached hydrogens (tertiary/aromatic N) is 2. The summed E-state index contributed by atoms with van der Waals surface area (Å²) in [4.78, 5) is 12.8. The monoisotopic (exact) mass is 382 g/mol. The molecule has 4 rings (SSSR count). The minimum atomic E-state index is -0.0938. The van der Waals surface area contributed by atoms with Gasteiger partial charge in [0.2, 0.25) is 0 Å². The van der Waals surface area contributed by atoms with Gasteiger partial charge in [0.05, 0.1) is 13.2 Å². The molecule has 1 aliphatic heterocycles. The van der Waals surface area contributed by atoms with Gasteiger partial charge in [0, 0.05) is 30.3 Å². The highest BCUT2D eigenvalue weighted by Crippen LogP contribution is 2.44. The van der Waals surface area contributed by atoms with Gasteiger partial charge in [-0.15, -0.1) is 0 Å². The second-order valence-electron chi connectivity index (χ2n) is 8.05. The first-order valence-electron chi connectivity index (χ1n) is 10.4. The quantitative estimate of drug-likeness (QED) is 0.806. The Morgan fingerprint density at radius 2 is 2.11 bits per heavy atom. The molecule has 2 aromatic rings. The molecule has 1 atom stereocenters. The van der Waals surface area contributed by atoms with Gasteiger partial charge in [-0.05, 0) is 44.4 Å². The number of ether oxygens (including phenoxy) is 1. The fourth-order valence-corrected chi connectivity index (χ4v) is 4.74. The molecule has 2 fully saturated rings. The van der Waals surface area contributed by atoms with Crippen LogP contribution in [0.25, 0.3) is 0 Å². The van der Waals surface area contributed by atoms with Crippen LogP contribution in [0.5, 0.6) is 5.75 Å². The number of amides is 1. The average molecular weight is 383 g/mol. The summed E-state index contributed by atoms with van der Waals surface area (Å²) in [7, 11) is 1.72. The maximum atomic E-state index is 12.8. The van der Waals surface area contributed by atoms with E-state index in [0.717, 1.165) is 44.5 Å². The lowest BCUT2D eigenvalue weighted by atomic mass is 9.78. The summed E-state index contributed by atoms with van der Waals surface area (Å²) >= 11 is 0. The molecule has 1 aromatic heterocycles. The fraction of sp³-hybridized carbons (Fsp3) is 0.545. The molecule has 2 heterocycles. The molecule has 0 spiro atoms. The van der Waals surface area contributed by atoms with Crippen molar-refractivity contribution < 1.29 is 9.53 Å². The van der Waals surface area contributed by atoms with Crippen LogP contribution in [0.1, 0.15) is 60.6 Å². The van der Waals surface area contributed by atoms with Gasteiger partial charge in [-0.3, -0.25) is 9.48 Å². The normalized spacial score (nSPS) is 21.4. The lowest BCUT2D eigenvalue weighted by Gasteiger charge is -2.31. The number of benzene rings is 1. The van der Waals surface area contributed by atoms with Crippen LogP contribution in [0, 0.1) is 0 Å². The second-order valence-corrected chi connectivity index (χ2v) is 8.05. The zero-order valence-electron chi connectivity index (χ0n) is 16.6. The third kappa shape index (κ3) is 3.78. The van der Waals surface area contributed by atoms with Crippen LogP contribution < -0.4 is 15.4 Å².